The van der Waals surface area contributed by atoms with E-state index in [1.54, 1.807) is 3.71 Å². The number of hydrogen-bond donors (Lipinski definition) is 0. The van der Waals surface area contributed by atoms with E-state index in [-0.39, 0.29) is 0 Å². The van der Waals surface area contributed by atoms with Crippen LogP contribution >= 0.6 is 0 Å². The molecular formula is C19H35NSn. The first kappa shape index (κ1) is 19.0. The molecule has 0 spiro atoms. The fourth-order valence-corrected chi connectivity index (χ4v) is 18.2. The summed E-state index contributed by atoms with van der Waals surface area (Å²) < 4.78 is 6.15. The van der Waals surface area contributed by atoms with Crippen LogP contribution in [0.5, 0.6) is 0 Å². The van der Waals surface area contributed by atoms with Gasteiger partial charge in [0.05, 0.1) is 0 Å². The van der Waals surface area contributed by atoms with E-state index in [0.29, 0.717) is 0 Å². The van der Waals surface area contributed by atoms with Gasteiger partial charge in [-0.1, -0.05) is 0 Å². The molecule has 0 saturated heterocycles. The van der Waals surface area contributed by atoms with Crippen molar-refractivity contribution in [2.45, 2.75) is 85.4 Å². The molecule has 0 aliphatic heterocycles. The van der Waals surface area contributed by atoms with Crippen LogP contribution in [-0.2, 0) is 0 Å². The van der Waals surface area contributed by atoms with Crippen LogP contribution in [0.1, 0.15) is 72.1 Å². The number of hydrogen-bond acceptors (Lipinski definition) is 1. The van der Waals surface area contributed by atoms with Crippen molar-refractivity contribution in [2.75, 3.05) is 0 Å². The maximum absolute atomic E-state index is 4.85. The average Bonchev–Trinajstić information content (AvgIpc) is 2.53. The van der Waals surface area contributed by atoms with Gasteiger partial charge in [0.1, 0.15) is 0 Å². The number of rotatable bonds is 12. The van der Waals surface area contributed by atoms with Gasteiger partial charge in [0, 0.05) is 0 Å². The predicted octanol–water partition coefficient (Wildman–Crippen LogP) is 5.92. The van der Waals surface area contributed by atoms with E-state index in [4.69, 9.17) is 4.98 Å². The molecule has 0 unspecified atom stereocenters. The maximum atomic E-state index is 4.85. The molecule has 0 amide bonds. The van der Waals surface area contributed by atoms with Crippen molar-refractivity contribution in [1.82, 2.24) is 4.98 Å². The molecule has 0 atom stereocenters. The van der Waals surface area contributed by atoms with E-state index in [9.17, 15) is 0 Å². The molecule has 1 heterocycles. The molecule has 0 radical (unpaired) electrons. The standard InChI is InChI=1S/C5H4N.2C5H11.C4H9.Sn/c1-2-4-6-5-3-1;2*1-3-5-4-2;1-3-4-2;/h1-4H;2*1,3-5H2,2H3;1,3-4H2,2H3;. The topological polar surface area (TPSA) is 12.9 Å². The van der Waals surface area contributed by atoms with Crippen molar-refractivity contribution in [1.29, 1.82) is 0 Å². The fourth-order valence-electron chi connectivity index (χ4n) is 3.38. The third kappa shape index (κ3) is 6.71. The quantitative estimate of drug-likeness (QED) is 0.316. The summed E-state index contributed by atoms with van der Waals surface area (Å²) in [5.74, 6) is 0. The molecule has 0 N–H and O–H groups in total. The molecule has 1 aromatic heterocycles. The van der Waals surface area contributed by atoms with Crippen molar-refractivity contribution < 1.29 is 0 Å². The number of pyridine rings is 1. The molecule has 0 bridgehead atoms. The summed E-state index contributed by atoms with van der Waals surface area (Å²) >= 11 is -2.26. The van der Waals surface area contributed by atoms with Gasteiger partial charge in [0.15, 0.2) is 0 Å². The molecule has 2 heteroatoms. The summed E-state index contributed by atoms with van der Waals surface area (Å²) in [7, 11) is 0. The zero-order valence-electron chi connectivity index (χ0n) is 14.5. The first-order chi connectivity index (χ1) is 10.3. The summed E-state index contributed by atoms with van der Waals surface area (Å²) in [5, 5.41) is 0. The Bertz CT molecular complexity index is 340. The minimum absolute atomic E-state index is 1.34. The van der Waals surface area contributed by atoms with Gasteiger partial charge in [-0.2, -0.15) is 0 Å². The summed E-state index contributed by atoms with van der Waals surface area (Å²) in [6.07, 6.45) is 13.2. The van der Waals surface area contributed by atoms with Crippen LogP contribution in [0.25, 0.3) is 0 Å². The molecule has 0 aliphatic rings. The van der Waals surface area contributed by atoms with Crippen LogP contribution < -0.4 is 3.71 Å². The molecule has 0 aliphatic carbocycles. The van der Waals surface area contributed by atoms with Gasteiger partial charge in [-0.15, -0.1) is 0 Å². The van der Waals surface area contributed by atoms with Crippen LogP contribution in [0.15, 0.2) is 24.4 Å². The van der Waals surface area contributed by atoms with Gasteiger partial charge in [-0.25, -0.2) is 0 Å². The van der Waals surface area contributed by atoms with E-state index in [0.717, 1.165) is 0 Å². The predicted molar refractivity (Wildman–Crippen MR) is 98.0 cm³/mol. The fraction of sp³-hybridized carbons (Fsp3) is 0.737. The Balaban J connectivity index is 2.89. The first-order valence-corrected chi connectivity index (χ1v) is 16.7. The molecular weight excluding hydrogens is 361 g/mol. The molecule has 0 fully saturated rings. The van der Waals surface area contributed by atoms with Crippen LogP contribution in [0.3, 0.4) is 0 Å². The SMILES string of the molecule is CCCC[CH2][Sn]([CH2]CCC)([CH2]CCCC)[c]1ccccn1. The second-order valence-electron chi connectivity index (χ2n) is 6.51. The third-order valence-corrected chi connectivity index (χ3v) is 19.9. The summed E-state index contributed by atoms with van der Waals surface area (Å²) in [6, 6.07) is 6.67. The molecule has 1 rings (SSSR count). The van der Waals surface area contributed by atoms with Crippen LogP contribution in [0.4, 0.5) is 0 Å². The summed E-state index contributed by atoms with van der Waals surface area (Å²) in [5.41, 5.74) is 0. The van der Waals surface area contributed by atoms with Crippen LogP contribution in [-0.4, -0.2) is 23.4 Å². The van der Waals surface area contributed by atoms with Crippen molar-refractivity contribution >= 4 is 22.1 Å². The third-order valence-electron chi connectivity index (χ3n) is 4.73. The van der Waals surface area contributed by atoms with Gasteiger partial charge in [0.25, 0.3) is 0 Å². The minimum atomic E-state index is -2.26. The zero-order valence-corrected chi connectivity index (χ0v) is 17.4. The molecule has 1 nitrogen and oxygen atoms in total. The monoisotopic (exact) mass is 397 g/mol. The Hall–Kier alpha value is -0.0513. The Kier molecular flexibility index (Phi) is 10.4. The zero-order chi connectivity index (χ0) is 15.4. The van der Waals surface area contributed by atoms with Crippen molar-refractivity contribution in [3.8, 4) is 0 Å². The van der Waals surface area contributed by atoms with E-state index in [1.165, 1.54) is 64.7 Å². The Labute approximate surface area is 136 Å². The van der Waals surface area contributed by atoms with E-state index >= 15 is 0 Å². The van der Waals surface area contributed by atoms with Crippen LogP contribution in [0, 0.1) is 0 Å². The second kappa shape index (κ2) is 11.5. The van der Waals surface area contributed by atoms with Crippen LogP contribution in [0.2, 0.25) is 13.3 Å². The van der Waals surface area contributed by atoms with Crippen molar-refractivity contribution in [3.63, 3.8) is 0 Å². The van der Waals surface area contributed by atoms with E-state index in [1.807, 2.05) is 6.20 Å². The Morgan fingerprint density at radius 1 is 0.762 bits per heavy atom. The second-order valence-corrected chi connectivity index (χ2v) is 19.6. The Morgan fingerprint density at radius 2 is 1.33 bits per heavy atom. The molecule has 0 aromatic carbocycles. The number of unbranched alkanes of at least 4 members (excludes halogenated alkanes) is 5. The average molecular weight is 396 g/mol. The Morgan fingerprint density at radius 3 is 1.81 bits per heavy atom. The van der Waals surface area contributed by atoms with Gasteiger partial charge in [-0.05, 0) is 0 Å². The molecule has 0 saturated carbocycles. The van der Waals surface area contributed by atoms with Gasteiger partial charge >= 0.3 is 137 Å². The number of nitrogens with zero attached hydrogens (tertiary/aromatic N) is 1. The molecule has 1 aromatic rings. The van der Waals surface area contributed by atoms with Crippen molar-refractivity contribution in [2.24, 2.45) is 0 Å². The van der Waals surface area contributed by atoms with Gasteiger partial charge in [-0.3, -0.25) is 0 Å². The normalized spacial score (nSPS) is 11.8. The molecule has 21 heavy (non-hydrogen) atoms. The summed E-state index contributed by atoms with van der Waals surface area (Å²) in [6.45, 7) is 6.98. The van der Waals surface area contributed by atoms with Crippen molar-refractivity contribution in [3.05, 3.63) is 24.4 Å². The van der Waals surface area contributed by atoms with E-state index in [2.05, 4.69) is 39.0 Å². The summed E-state index contributed by atoms with van der Waals surface area (Å²) in [4.78, 5) is 4.85. The molecule has 120 valence electrons. The first-order valence-electron chi connectivity index (χ1n) is 9.20. The van der Waals surface area contributed by atoms with E-state index < -0.39 is 18.4 Å². The number of aromatic nitrogens is 1. The van der Waals surface area contributed by atoms with Gasteiger partial charge in [0.2, 0.25) is 0 Å². The van der Waals surface area contributed by atoms with Gasteiger partial charge < -0.3 is 0 Å².